The summed E-state index contributed by atoms with van der Waals surface area (Å²) in [7, 11) is 0. The highest BCUT2D eigenvalue weighted by Crippen LogP contribution is 2.23. The first-order chi connectivity index (χ1) is 9.35. The van der Waals surface area contributed by atoms with Gasteiger partial charge in [0.15, 0.2) is 5.69 Å². The highest BCUT2D eigenvalue weighted by Gasteiger charge is 2.29. The molecule has 0 atom stereocenters. The van der Waals surface area contributed by atoms with E-state index in [1.54, 1.807) is 4.90 Å². The van der Waals surface area contributed by atoms with Crippen LogP contribution in [-0.2, 0) is 24.2 Å². The number of amides is 1. The van der Waals surface area contributed by atoms with E-state index in [4.69, 9.17) is 10.00 Å². The topological polar surface area (TPSA) is 71.2 Å². The first-order valence-corrected chi connectivity index (χ1v) is 6.82. The van der Waals surface area contributed by atoms with Crippen molar-refractivity contribution < 1.29 is 9.53 Å². The van der Waals surface area contributed by atoms with Crippen molar-refractivity contribution in [3.63, 3.8) is 0 Å². The van der Waals surface area contributed by atoms with Crippen LogP contribution in [0.1, 0.15) is 44.6 Å². The first-order valence-electron chi connectivity index (χ1n) is 6.82. The van der Waals surface area contributed by atoms with Crippen LogP contribution in [0, 0.1) is 11.3 Å². The number of aryl methyl sites for hydroxylation is 1. The van der Waals surface area contributed by atoms with Crippen molar-refractivity contribution in [2.24, 2.45) is 0 Å². The SMILES string of the molecule is CCn1nc(C#N)c2c1CCN(C(=O)OC(C)(C)C)C2. The maximum Gasteiger partial charge on any atom is 0.410 e. The predicted molar refractivity (Wildman–Crippen MR) is 73.0 cm³/mol. The van der Waals surface area contributed by atoms with Crippen LogP contribution < -0.4 is 0 Å². The lowest BCUT2D eigenvalue weighted by Crippen LogP contribution is -2.40. The van der Waals surface area contributed by atoms with Gasteiger partial charge in [0.1, 0.15) is 11.7 Å². The fraction of sp³-hybridized carbons (Fsp3) is 0.643. The molecule has 0 spiro atoms. The molecule has 2 heterocycles. The number of fused-ring (bicyclic) bond motifs is 1. The minimum absolute atomic E-state index is 0.337. The zero-order valence-electron chi connectivity index (χ0n) is 12.4. The van der Waals surface area contributed by atoms with Crippen LogP contribution >= 0.6 is 0 Å². The number of nitriles is 1. The molecule has 1 aliphatic heterocycles. The third kappa shape index (κ3) is 2.77. The fourth-order valence-corrected chi connectivity index (χ4v) is 2.32. The van der Waals surface area contributed by atoms with Crippen LogP contribution in [0.25, 0.3) is 0 Å². The molecule has 1 amide bonds. The van der Waals surface area contributed by atoms with Gasteiger partial charge < -0.3 is 9.64 Å². The Balaban J connectivity index is 2.21. The minimum Gasteiger partial charge on any atom is -0.444 e. The van der Waals surface area contributed by atoms with E-state index in [-0.39, 0.29) is 6.09 Å². The summed E-state index contributed by atoms with van der Waals surface area (Å²) in [4.78, 5) is 13.7. The lowest BCUT2D eigenvalue weighted by molar-refractivity contribution is 0.0222. The first kappa shape index (κ1) is 14.4. The molecule has 0 fully saturated rings. The summed E-state index contributed by atoms with van der Waals surface area (Å²) >= 11 is 0. The Morgan fingerprint density at radius 2 is 2.20 bits per heavy atom. The van der Waals surface area contributed by atoms with Crippen molar-refractivity contribution in [1.82, 2.24) is 14.7 Å². The quantitative estimate of drug-likeness (QED) is 0.787. The molecule has 0 N–H and O–H groups in total. The molecule has 0 radical (unpaired) electrons. The molecule has 108 valence electrons. The summed E-state index contributed by atoms with van der Waals surface area (Å²) in [5, 5.41) is 13.4. The Kier molecular flexibility index (Phi) is 3.71. The second kappa shape index (κ2) is 5.16. The zero-order chi connectivity index (χ0) is 14.9. The molecular formula is C14H20N4O2. The lowest BCUT2D eigenvalue weighted by Gasteiger charge is -2.30. The number of rotatable bonds is 1. The van der Waals surface area contributed by atoms with E-state index in [2.05, 4.69) is 11.2 Å². The van der Waals surface area contributed by atoms with Crippen molar-refractivity contribution in [3.8, 4) is 6.07 Å². The van der Waals surface area contributed by atoms with Gasteiger partial charge in [-0.25, -0.2) is 4.79 Å². The Bertz CT molecular complexity index is 563. The van der Waals surface area contributed by atoms with Gasteiger partial charge in [0, 0.05) is 30.8 Å². The zero-order valence-corrected chi connectivity index (χ0v) is 12.4. The number of hydrogen-bond donors (Lipinski definition) is 0. The third-order valence-electron chi connectivity index (χ3n) is 3.19. The maximum atomic E-state index is 12.1. The standard InChI is InChI=1S/C14H20N4O2/c1-5-18-12-6-7-17(13(19)20-14(2,3)4)9-10(12)11(8-15)16-18/h5-7,9H2,1-4H3. The molecule has 1 aromatic heterocycles. The van der Waals surface area contributed by atoms with E-state index in [1.165, 1.54) is 0 Å². The molecule has 6 heteroatoms. The maximum absolute atomic E-state index is 12.1. The molecule has 20 heavy (non-hydrogen) atoms. The highest BCUT2D eigenvalue weighted by molar-refractivity contribution is 5.68. The lowest BCUT2D eigenvalue weighted by atomic mass is 10.1. The van der Waals surface area contributed by atoms with Crippen LogP contribution in [0.4, 0.5) is 4.79 Å². The highest BCUT2D eigenvalue weighted by atomic mass is 16.6. The summed E-state index contributed by atoms with van der Waals surface area (Å²) in [5.41, 5.74) is 1.81. The van der Waals surface area contributed by atoms with Crippen LogP contribution in [-0.4, -0.2) is 32.9 Å². The normalized spacial score (nSPS) is 14.7. The summed E-state index contributed by atoms with van der Waals surface area (Å²) in [6.07, 6.45) is 0.369. The minimum atomic E-state index is -0.511. The average Bonchev–Trinajstić information content (AvgIpc) is 2.73. The second-order valence-electron chi connectivity index (χ2n) is 5.85. The van der Waals surface area contributed by atoms with Crippen molar-refractivity contribution >= 4 is 6.09 Å². The van der Waals surface area contributed by atoms with E-state index < -0.39 is 5.60 Å². The Morgan fingerprint density at radius 1 is 1.50 bits per heavy atom. The van der Waals surface area contributed by atoms with Crippen LogP contribution in [0.3, 0.4) is 0 Å². The van der Waals surface area contributed by atoms with Crippen LogP contribution in [0.15, 0.2) is 0 Å². The molecule has 0 unspecified atom stereocenters. The van der Waals surface area contributed by atoms with Crippen LogP contribution in [0.2, 0.25) is 0 Å². The Labute approximate surface area is 118 Å². The second-order valence-corrected chi connectivity index (χ2v) is 5.85. The van der Waals surface area contributed by atoms with Gasteiger partial charge in [-0.2, -0.15) is 10.4 Å². The van der Waals surface area contributed by atoms with E-state index in [0.29, 0.717) is 25.2 Å². The molecule has 0 aliphatic carbocycles. The molecule has 6 nitrogen and oxygen atoms in total. The molecule has 0 saturated carbocycles. The largest absolute Gasteiger partial charge is 0.444 e. The number of nitrogens with zero attached hydrogens (tertiary/aromatic N) is 4. The van der Waals surface area contributed by atoms with E-state index in [9.17, 15) is 4.79 Å². The van der Waals surface area contributed by atoms with Gasteiger partial charge in [-0.05, 0) is 27.7 Å². The Morgan fingerprint density at radius 3 is 2.75 bits per heavy atom. The van der Waals surface area contributed by atoms with Gasteiger partial charge in [0.05, 0.1) is 6.54 Å². The van der Waals surface area contributed by atoms with Crippen molar-refractivity contribution in [2.75, 3.05) is 6.54 Å². The summed E-state index contributed by atoms with van der Waals surface area (Å²) in [6, 6.07) is 2.11. The summed E-state index contributed by atoms with van der Waals surface area (Å²) < 4.78 is 7.22. The molecular weight excluding hydrogens is 256 g/mol. The third-order valence-corrected chi connectivity index (χ3v) is 3.19. The summed E-state index contributed by atoms with van der Waals surface area (Å²) in [6.45, 7) is 9.25. The van der Waals surface area contributed by atoms with Crippen molar-refractivity contribution in [2.45, 2.75) is 52.8 Å². The number of aromatic nitrogens is 2. The number of hydrogen-bond acceptors (Lipinski definition) is 4. The molecule has 1 aliphatic rings. The van der Waals surface area contributed by atoms with Gasteiger partial charge >= 0.3 is 6.09 Å². The molecule has 0 saturated heterocycles. The van der Waals surface area contributed by atoms with Gasteiger partial charge in [0.2, 0.25) is 0 Å². The molecule has 0 bridgehead atoms. The van der Waals surface area contributed by atoms with Gasteiger partial charge in [-0.1, -0.05) is 0 Å². The van der Waals surface area contributed by atoms with Gasteiger partial charge in [-0.15, -0.1) is 0 Å². The van der Waals surface area contributed by atoms with Crippen molar-refractivity contribution in [1.29, 1.82) is 5.26 Å². The number of carbonyl (C=O) groups excluding carboxylic acids is 1. The summed E-state index contributed by atoms with van der Waals surface area (Å²) in [5.74, 6) is 0. The number of carbonyl (C=O) groups is 1. The van der Waals surface area contributed by atoms with Gasteiger partial charge in [-0.3, -0.25) is 4.68 Å². The Hall–Kier alpha value is -2.03. The molecule has 2 rings (SSSR count). The van der Waals surface area contributed by atoms with E-state index >= 15 is 0 Å². The average molecular weight is 276 g/mol. The van der Waals surface area contributed by atoms with Crippen molar-refractivity contribution in [3.05, 3.63) is 17.0 Å². The fourth-order valence-electron chi connectivity index (χ4n) is 2.32. The monoisotopic (exact) mass is 276 g/mol. The molecule has 0 aromatic carbocycles. The van der Waals surface area contributed by atoms with E-state index in [1.807, 2.05) is 32.4 Å². The van der Waals surface area contributed by atoms with Crippen LogP contribution in [0.5, 0.6) is 0 Å². The van der Waals surface area contributed by atoms with E-state index in [0.717, 1.165) is 17.8 Å². The molecule has 1 aromatic rings. The predicted octanol–water partition coefficient (Wildman–Crippen LogP) is 2.07. The smallest absolute Gasteiger partial charge is 0.410 e. The van der Waals surface area contributed by atoms with Gasteiger partial charge in [0.25, 0.3) is 0 Å². The number of ether oxygens (including phenoxy) is 1.